The van der Waals surface area contributed by atoms with Crippen molar-refractivity contribution >= 4 is 67.6 Å². The van der Waals surface area contributed by atoms with Crippen LogP contribution in [0.5, 0.6) is 0 Å². The first kappa shape index (κ1) is 36.2. The molecule has 2 aliphatic rings. The van der Waals surface area contributed by atoms with Crippen molar-refractivity contribution in [3.05, 3.63) is 92.6 Å². The maximum Gasteiger partial charge on any atom is 2.00 e. The zero-order valence-corrected chi connectivity index (χ0v) is 31.8. The Morgan fingerprint density at radius 3 is 1.62 bits per heavy atom. The van der Waals surface area contributed by atoms with Crippen molar-refractivity contribution in [2.75, 3.05) is 5.88 Å². The normalized spacial score (nSPS) is 13.0. The number of benzene rings is 1. The number of alkyl halides is 2. The molecule has 1 aromatic carbocycles. The van der Waals surface area contributed by atoms with Crippen LogP contribution < -0.4 is 9.97 Å². The molecular weight excluding hydrogens is 678 g/mol. The SMILES string of the molecule is CCC1=C(C)c2cc3[n-]c(c(CC)c3C)c(-c3ccc(CCl)cc3)c3nc(cc4[n-]c(c(CCCl)c1n2)c(CC)c4C)C(C)=C3CC.[Ni+2]. The minimum Gasteiger partial charge on any atom is -0.657 e. The molecule has 3 aromatic heterocycles. The summed E-state index contributed by atoms with van der Waals surface area (Å²) in [5.74, 6) is 0.975. The van der Waals surface area contributed by atoms with E-state index < -0.39 is 0 Å². The van der Waals surface area contributed by atoms with Crippen LogP contribution in [0, 0.1) is 13.8 Å². The number of hydrogen-bond acceptors (Lipinski definition) is 2. The molecule has 0 aliphatic carbocycles. The van der Waals surface area contributed by atoms with Crippen LogP contribution in [0.1, 0.15) is 111 Å². The first-order chi connectivity index (χ1) is 22.7. The van der Waals surface area contributed by atoms with Crippen LogP contribution >= 0.6 is 23.2 Å². The fraction of sp³-hybridized carbons (Fsp3) is 0.366. The Hall–Kier alpha value is -3.11. The number of halogens is 2. The summed E-state index contributed by atoms with van der Waals surface area (Å²) in [6.07, 6.45) is 4.17. The topological polar surface area (TPSA) is 54.0 Å². The van der Waals surface area contributed by atoms with Gasteiger partial charge in [-0.1, -0.05) is 86.3 Å². The van der Waals surface area contributed by atoms with Crippen LogP contribution in [-0.2, 0) is 41.6 Å². The zero-order chi connectivity index (χ0) is 33.6. The van der Waals surface area contributed by atoms with E-state index in [-0.39, 0.29) is 16.5 Å². The van der Waals surface area contributed by atoms with Crippen molar-refractivity contribution < 1.29 is 16.5 Å². The quantitative estimate of drug-likeness (QED) is 0.134. The van der Waals surface area contributed by atoms with Crippen molar-refractivity contribution in [1.82, 2.24) is 19.9 Å². The summed E-state index contributed by atoms with van der Waals surface area (Å²) in [5, 5.41) is 0. The van der Waals surface area contributed by atoms with Crippen molar-refractivity contribution in [1.29, 1.82) is 0 Å². The molecule has 0 N–H and O–H groups in total. The molecule has 4 nitrogen and oxygen atoms in total. The molecule has 7 heteroatoms. The molecule has 0 unspecified atom stereocenters. The van der Waals surface area contributed by atoms with Gasteiger partial charge in [-0.2, -0.15) is 0 Å². The maximum absolute atomic E-state index is 6.50. The second-order valence-electron chi connectivity index (χ2n) is 12.6. The fourth-order valence-electron chi connectivity index (χ4n) is 7.47. The van der Waals surface area contributed by atoms with E-state index in [0.717, 1.165) is 92.8 Å². The van der Waals surface area contributed by atoms with Gasteiger partial charge < -0.3 is 9.97 Å². The van der Waals surface area contributed by atoms with Gasteiger partial charge in [0.2, 0.25) is 0 Å². The Balaban J connectivity index is 0.00000451. The van der Waals surface area contributed by atoms with Crippen LogP contribution in [0.3, 0.4) is 0 Å². The number of hydrogen-bond donors (Lipinski definition) is 0. The molecule has 0 saturated carbocycles. The molecule has 2 aliphatic heterocycles. The third kappa shape index (κ3) is 6.01. The van der Waals surface area contributed by atoms with Gasteiger partial charge in [-0.25, -0.2) is 9.97 Å². The molecule has 6 rings (SSSR count). The van der Waals surface area contributed by atoms with E-state index in [1.807, 2.05) is 0 Å². The number of rotatable bonds is 8. The van der Waals surface area contributed by atoms with E-state index in [1.54, 1.807) is 0 Å². The summed E-state index contributed by atoms with van der Waals surface area (Å²) in [5.41, 5.74) is 22.0. The maximum atomic E-state index is 6.50. The van der Waals surface area contributed by atoms with Crippen LogP contribution in [-0.4, -0.2) is 15.8 Å². The molecule has 0 spiro atoms. The van der Waals surface area contributed by atoms with Crippen LogP contribution in [0.15, 0.2) is 36.4 Å². The number of aromatic nitrogens is 4. The van der Waals surface area contributed by atoms with Crippen molar-refractivity contribution in [3.63, 3.8) is 0 Å². The second-order valence-corrected chi connectivity index (χ2v) is 13.3. The fourth-order valence-corrected chi connectivity index (χ4v) is 7.84. The monoisotopic (exact) mass is 720 g/mol. The molecule has 5 heterocycles. The summed E-state index contributed by atoms with van der Waals surface area (Å²) in [7, 11) is 0. The summed E-state index contributed by atoms with van der Waals surface area (Å²) in [6, 6.07) is 12.9. The van der Waals surface area contributed by atoms with E-state index in [2.05, 4.69) is 91.8 Å². The van der Waals surface area contributed by atoms with Crippen LogP contribution in [0.4, 0.5) is 0 Å². The molecule has 48 heavy (non-hydrogen) atoms. The zero-order valence-electron chi connectivity index (χ0n) is 29.3. The average Bonchev–Trinajstić information content (AvgIpc) is 3.76. The molecule has 8 bridgehead atoms. The summed E-state index contributed by atoms with van der Waals surface area (Å²) in [4.78, 5) is 21.6. The van der Waals surface area contributed by atoms with Crippen molar-refractivity contribution in [2.24, 2.45) is 0 Å². The Bertz CT molecular complexity index is 2110. The minimum absolute atomic E-state index is 0. The predicted octanol–water partition coefficient (Wildman–Crippen LogP) is 11.2. The first-order valence-corrected chi connectivity index (χ1v) is 18.1. The van der Waals surface area contributed by atoms with Gasteiger partial charge in [0.15, 0.2) is 0 Å². The standard InChI is InChI=1S/C41H44Cl2N4.Ni/c1-9-28-22(5)33-19-35-24(7)30(11-3)40(46-35)37(27-15-13-26(21-43)14-16-27)41-31(12-4)25(8)36(47-41)20-34-23(6)29(10-2)39(45-34)32(17-18-42)38(28)44-33;/h13-16,19-20H,9-12,17-18,21H2,1-8H3;/q-2;+2. The molecule has 0 saturated heterocycles. The minimum atomic E-state index is 0. The average molecular weight is 722 g/mol. The van der Waals surface area contributed by atoms with Gasteiger partial charge in [-0.05, 0) is 104 Å². The molecule has 252 valence electrons. The summed E-state index contributed by atoms with van der Waals surface area (Å²) in [6.45, 7) is 17.6. The van der Waals surface area contributed by atoms with E-state index in [4.69, 9.17) is 43.1 Å². The molecule has 0 atom stereocenters. The Labute approximate surface area is 305 Å². The van der Waals surface area contributed by atoms with E-state index >= 15 is 0 Å². The molecule has 0 amide bonds. The van der Waals surface area contributed by atoms with Crippen molar-refractivity contribution in [3.8, 4) is 11.1 Å². The summed E-state index contributed by atoms with van der Waals surface area (Å²) < 4.78 is 0. The molecule has 4 aromatic rings. The van der Waals surface area contributed by atoms with E-state index in [9.17, 15) is 0 Å². The van der Waals surface area contributed by atoms with Crippen LogP contribution in [0.25, 0.3) is 55.5 Å². The van der Waals surface area contributed by atoms with Gasteiger partial charge in [0, 0.05) is 11.8 Å². The smallest absolute Gasteiger partial charge is 0.657 e. The molecule has 0 fully saturated rings. The molecule has 0 radical (unpaired) electrons. The van der Waals surface area contributed by atoms with Gasteiger partial charge in [0.05, 0.1) is 22.8 Å². The number of allylic oxidation sites excluding steroid dienone is 4. The summed E-state index contributed by atoms with van der Waals surface area (Å²) >= 11 is 12.7. The number of nitrogens with zero attached hydrogens (tertiary/aromatic N) is 4. The van der Waals surface area contributed by atoms with Gasteiger partial charge in [0.1, 0.15) is 0 Å². The number of fused-ring (bicyclic) bond motifs is 8. The largest absolute Gasteiger partial charge is 2.00 e. The van der Waals surface area contributed by atoms with Crippen LogP contribution in [0.2, 0.25) is 0 Å². The van der Waals surface area contributed by atoms with E-state index in [0.29, 0.717) is 18.2 Å². The Morgan fingerprint density at radius 1 is 0.625 bits per heavy atom. The van der Waals surface area contributed by atoms with Gasteiger partial charge in [-0.15, -0.1) is 45.3 Å². The van der Waals surface area contributed by atoms with E-state index in [1.165, 1.54) is 44.5 Å². The second kappa shape index (κ2) is 14.8. The number of aryl methyl sites for hydroxylation is 5. The van der Waals surface area contributed by atoms with Gasteiger partial charge in [0.25, 0.3) is 0 Å². The van der Waals surface area contributed by atoms with Gasteiger partial charge >= 0.3 is 16.5 Å². The predicted molar refractivity (Wildman–Crippen MR) is 202 cm³/mol. The third-order valence-electron chi connectivity index (χ3n) is 10.2. The Morgan fingerprint density at radius 2 is 1.12 bits per heavy atom. The third-order valence-corrected chi connectivity index (χ3v) is 10.7. The molecular formula is C41H44Cl2N4Ni. The van der Waals surface area contributed by atoms with Gasteiger partial charge in [-0.3, -0.25) is 0 Å². The Kier molecular flexibility index (Phi) is 11.1. The van der Waals surface area contributed by atoms with Crippen molar-refractivity contribution in [2.45, 2.75) is 93.4 Å². The first-order valence-electron chi connectivity index (χ1n) is 17.0.